The van der Waals surface area contributed by atoms with Crippen molar-refractivity contribution in [2.45, 2.75) is 39.3 Å². The average Bonchev–Trinajstić information content (AvgIpc) is 3.11. The molecule has 156 valence electrons. The number of H-pyrrole nitrogens is 1. The standard InChI is InChI=1S/C24H26N2O4/c1-24(2,3)23(28)30-15-11-9-14(10-12-15)20-21-17(13-19(26-20)22(27)29-4)16-7-5-6-8-18(16)25-21/h5-12,19-20,25-26H,13H2,1-4H3/t19-,20+/m1/s1. The van der Waals surface area contributed by atoms with Gasteiger partial charge in [0, 0.05) is 23.0 Å². The highest BCUT2D eigenvalue weighted by atomic mass is 16.5. The number of aromatic nitrogens is 1. The third-order valence-electron chi connectivity index (χ3n) is 5.43. The van der Waals surface area contributed by atoms with E-state index in [1.165, 1.54) is 7.11 Å². The van der Waals surface area contributed by atoms with Gasteiger partial charge in [0.15, 0.2) is 0 Å². The van der Waals surface area contributed by atoms with Crippen molar-refractivity contribution in [3.8, 4) is 5.75 Å². The second-order valence-corrected chi connectivity index (χ2v) is 8.65. The first kappa shape index (κ1) is 20.2. The molecule has 0 aliphatic carbocycles. The number of fused-ring (bicyclic) bond motifs is 3. The molecule has 0 unspecified atom stereocenters. The van der Waals surface area contributed by atoms with Gasteiger partial charge in [-0.3, -0.25) is 14.9 Å². The lowest BCUT2D eigenvalue weighted by atomic mass is 9.90. The Morgan fingerprint density at radius 2 is 1.73 bits per heavy atom. The highest BCUT2D eigenvalue weighted by Crippen LogP contribution is 2.36. The van der Waals surface area contributed by atoms with Crippen LogP contribution < -0.4 is 10.1 Å². The number of para-hydroxylation sites is 1. The summed E-state index contributed by atoms with van der Waals surface area (Å²) in [5, 5.41) is 4.52. The largest absolute Gasteiger partial charge is 0.468 e. The van der Waals surface area contributed by atoms with E-state index < -0.39 is 11.5 Å². The molecule has 0 saturated heterocycles. The van der Waals surface area contributed by atoms with Gasteiger partial charge in [-0.25, -0.2) is 0 Å². The summed E-state index contributed by atoms with van der Waals surface area (Å²) < 4.78 is 10.5. The van der Waals surface area contributed by atoms with Gasteiger partial charge in [-0.05, 0) is 50.1 Å². The second-order valence-electron chi connectivity index (χ2n) is 8.65. The molecule has 6 heteroatoms. The molecule has 0 radical (unpaired) electrons. The topological polar surface area (TPSA) is 80.4 Å². The number of carbonyl (C=O) groups excluding carboxylic acids is 2. The van der Waals surface area contributed by atoms with E-state index in [1.54, 1.807) is 12.1 Å². The maximum atomic E-state index is 12.3. The number of hydrogen-bond acceptors (Lipinski definition) is 5. The molecule has 1 aromatic heterocycles. The predicted octanol–water partition coefficient (Wildman–Crippen LogP) is 3.90. The highest BCUT2D eigenvalue weighted by molar-refractivity contribution is 5.87. The molecule has 1 aliphatic heterocycles. The molecule has 1 aliphatic rings. The molecule has 2 aromatic carbocycles. The van der Waals surface area contributed by atoms with E-state index in [0.717, 1.165) is 27.7 Å². The summed E-state index contributed by atoms with van der Waals surface area (Å²) in [6.45, 7) is 5.46. The third-order valence-corrected chi connectivity index (χ3v) is 5.43. The number of nitrogens with one attached hydrogen (secondary N) is 2. The molecule has 0 spiro atoms. The molecule has 2 N–H and O–H groups in total. The van der Waals surface area contributed by atoms with Gasteiger partial charge in [0.05, 0.1) is 18.6 Å². The molecule has 2 atom stereocenters. The zero-order chi connectivity index (χ0) is 21.5. The van der Waals surface area contributed by atoms with Gasteiger partial charge in [-0.2, -0.15) is 0 Å². The number of carbonyl (C=O) groups is 2. The third kappa shape index (κ3) is 3.71. The molecule has 0 bridgehead atoms. The van der Waals surface area contributed by atoms with E-state index in [2.05, 4.69) is 16.4 Å². The summed E-state index contributed by atoms with van der Waals surface area (Å²) in [5.41, 5.74) is 3.59. The summed E-state index contributed by atoms with van der Waals surface area (Å²) in [4.78, 5) is 28.0. The van der Waals surface area contributed by atoms with Gasteiger partial charge in [-0.1, -0.05) is 30.3 Å². The van der Waals surface area contributed by atoms with Gasteiger partial charge < -0.3 is 14.5 Å². The molecule has 0 saturated carbocycles. The monoisotopic (exact) mass is 406 g/mol. The van der Waals surface area contributed by atoms with Crippen molar-refractivity contribution >= 4 is 22.8 Å². The first-order valence-corrected chi connectivity index (χ1v) is 10.0. The summed E-state index contributed by atoms with van der Waals surface area (Å²) >= 11 is 0. The van der Waals surface area contributed by atoms with Crippen LogP contribution in [0.5, 0.6) is 5.75 Å². The van der Waals surface area contributed by atoms with E-state index in [4.69, 9.17) is 9.47 Å². The maximum absolute atomic E-state index is 12.3. The van der Waals surface area contributed by atoms with Gasteiger partial charge in [0.2, 0.25) is 0 Å². The van der Waals surface area contributed by atoms with E-state index in [-0.39, 0.29) is 18.0 Å². The lowest BCUT2D eigenvalue weighted by Crippen LogP contribution is -2.45. The van der Waals surface area contributed by atoms with Crippen molar-refractivity contribution in [3.05, 3.63) is 65.4 Å². The summed E-state index contributed by atoms with van der Waals surface area (Å²) in [7, 11) is 1.40. The minimum absolute atomic E-state index is 0.211. The Kier molecular flexibility index (Phi) is 5.12. The fraction of sp³-hybridized carbons (Fsp3) is 0.333. The van der Waals surface area contributed by atoms with E-state index in [9.17, 15) is 9.59 Å². The van der Waals surface area contributed by atoms with Gasteiger partial charge in [0.1, 0.15) is 11.8 Å². The summed E-state index contributed by atoms with van der Waals surface area (Å²) in [6.07, 6.45) is 0.559. The van der Waals surface area contributed by atoms with Crippen LogP contribution in [0.15, 0.2) is 48.5 Å². The Hall–Kier alpha value is -3.12. The van der Waals surface area contributed by atoms with Crippen LogP contribution in [0.4, 0.5) is 0 Å². The number of rotatable bonds is 3. The first-order valence-electron chi connectivity index (χ1n) is 10.0. The van der Waals surface area contributed by atoms with Crippen LogP contribution in [0.1, 0.15) is 43.6 Å². The molecule has 4 rings (SSSR count). The molecular formula is C24H26N2O4. The van der Waals surface area contributed by atoms with Crippen LogP contribution in [0.25, 0.3) is 10.9 Å². The lowest BCUT2D eigenvalue weighted by molar-refractivity contribution is -0.144. The SMILES string of the molecule is COC(=O)[C@H]1Cc2c([nH]c3ccccc23)[C@H](c2ccc(OC(=O)C(C)(C)C)cc2)N1. The minimum Gasteiger partial charge on any atom is -0.468 e. The second kappa shape index (κ2) is 7.61. The van der Waals surface area contributed by atoms with Gasteiger partial charge in [0.25, 0.3) is 0 Å². The molecule has 2 heterocycles. The number of hydrogen-bond donors (Lipinski definition) is 2. The van der Waals surface area contributed by atoms with Crippen LogP contribution in [0.2, 0.25) is 0 Å². The molecule has 30 heavy (non-hydrogen) atoms. The number of ether oxygens (including phenoxy) is 2. The molecule has 0 amide bonds. The van der Waals surface area contributed by atoms with Crippen LogP contribution in [0, 0.1) is 5.41 Å². The van der Waals surface area contributed by atoms with Crippen molar-refractivity contribution in [1.29, 1.82) is 0 Å². The Labute approximate surface area is 175 Å². The fourth-order valence-corrected chi connectivity index (χ4v) is 3.78. The normalized spacial score (nSPS) is 18.7. The fourth-order valence-electron chi connectivity index (χ4n) is 3.78. The smallest absolute Gasteiger partial charge is 0.323 e. The van der Waals surface area contributed by atoms with Crippen LogP contribution >= 0.6 is 0 Å². The Morgan fingerprint density at radius 1 is 1.03 bits per heavy atom. The lowest BCUT2D eigenvalue weighted by Gasteiger charge is -2.30. The van der Waals surface area contributed by atoms with Crippen molar-refractivity contribution in [2.75, 3.05) is 7.11 Å². The van der Waals surface area contributed by atoms with Gasteiger partial charge in [-0.15, -0.1) is 0 Å². The number of aromatic amines is 1. The van der Waals surface area contributed by atoms with Crippen molar-refractivity contribution in [1.82, 2.24) is 10.3 Å². The zero-order valence-corrected chi connectivity index (χ0v) is 17.6. The van der Waals surface area contributed by atoms with Crippen molar-refractivity contribution in [3.63, 3.8) is 0 Å². The van der Waals surface area contributed by atoms with Crippen molar-refractivity contribution in [2.24, 2.45) is 5.41 Å². The predicted molar refractivity (Wildman–Crippen MR) is 114 cm³/mol. The van der Waals surface area contributed by atoms with Crippen LogP contribution in [-0.2, 0) is 20.7 Å². The van der Waals surface area contributed by atoms with Crippen LogP contribution in [-0.4, -0.2) is 30.1 Å². The Morgan fingerprint density at radius 3 is 2.40 bits per heavy atom. The first-order chi connectivity index (χ1) is 14.3. The quantitative estimate of drug-likeness (QED) is 0.509. The minimum atomic E-state index is -0.573. The molecule has 3 aromatic rings. The van der Waals surface area contributed by atoms with E-state index in [1.807, 2.05) is 51.1 Å². The average molecular weight is 406 g/mol. The van der Waals surface area contributed by atoms with Crippen LogP contribution in [0.3, 0.4) is 0 Å². The summed E-state index contributed by atoms with van der Waals surface area (Å²) in [5.74, 6) is -0.0720. The molecule has 6 nitrogen and oxygen atoms in total. The van der Waals surface area contributed by atoms with Crippen molar-refractivity contribution < 1.29 is 19.1 Å². The zero-order valence-electron chi connectivity index (χ0n) is 17.6. The Balaban J connectivity index is 1.69. The summed E-state index contributed by atoms with van der Waals surface area (Å²) in [6, 6.07) is 14.8. The number of benzene rings is 2. The number of esters is 2. The van der Waals surface area contributed by atoms with Gasteiger partial charge >= 0.3 is 11.9 Å². The maximum Gasteiger partial charge on any atom is 0.323 e. The highest BCUT2D eigenvalue weighted by Gasteiger charge is 2.34. The number of methoxy groups -OCH3 is 1. The van der Waals surface area contributed by atoms with E-state index >= 15 is 0 Å². The molecular weight excluding hydrogens is 380 g/mol. The van der Waals surface area contributed by atoms with E-state index in [0.29, 0.717) is 12.2 Å². The molecule has 0 fully saturated rings. The Bertz CT molecular complexity index is 1090.